The average Bonchev–Trinajstić information content (AvgIpc) is 2.09. The highest BCUT2D eigenvalue weighted by molar-refractivity contribution is 9.10. The molecule has 0 radical (unpaired) electrons. The normalized spacial score (nSPS) is 10.7. The topological polar surface area (TPSA) is 12.9 Å². The molecule has 2 aromatic rings. The molecule has 0 bridgehead atoms. The number of hydrogen-bond donors (Lipinski definition) is 0. The molecular weight excluding hydrogens is 226 g/mol. The summed E-state index contributed by atoms with van der Waals surface area (Å²) in [5.41, 5.74) is 3.58. The van der Waals surface area contributed by atoms with Crippen LogP contribution in [0.3, 0.4) is 0 Å². The van der Waals surface area contributed by atoms with Crippen molar-refractivity contribution < 1.29 is 0 Å². The van der Waals surface area contributed by atoms with Gasteiger partial charge in [0.1, 0.15) is 0 Å². The summed E-state index contributed by atoms with van der Waals surface area (Å²) < 4.78 is 1.12. The van der Waals surface area contributed by atoms with Crippen LogP contribution in [0.25, 0.3) is 10.9 Å². The monoisotopic (exact) mass is 235 g/mol. The van der Waals surface area contributed by atoms with Gasteiger partial charge in [-0.3, -0.25) is 4.98 Å². The Balaban J connectivity index is 2.89. The summed E-state index contributed by atoms with van der Waals surface area (Å²) in [6.45, 7) is 4.20. The Hall–Kier alpha value is -0.890. The van der Waals surface area contributed by atoms with E-state index >= 15 is 0 Å². The Labute approximate surface area is 85.9 Å². The fourth-order valence-corrected chi connectivity index (χ4v) is 1.74. The second-order valence-corrected chi connectivity index (χ2v) is 4.10. The maximum absolute atomic E-state index is 4.31. The van der Waals surface area contributed by atoms with Crippen molar-refractivity contribution in [3.8, 4) is 0 Å². The second kappa shape index (κ2) is 3.11. The van der Waals surface area contributed by atoms with Crippen LogP contribution in [0, 0.1) is 13.8 Å². The van der Waals surface area contributed by atoms with Crippen molar-refractivity contribution in [2.45, 2.75) is 13.8 Å². The minimum atomic E-state index is 1.05. The van der Waals surface area contributed by atoms with E-state index in [1.54, 1.807) is 0 Å². The first-order valence-corrected chi connectivity index (χ1v) is 4.99. The molecule has 1 heterocycles. The zero-order valence-electron chi connectivity index (χ0n) is 7.63. The van der Waals surface area contributed by atoms with E-state index in [1.807, 2.05) is 12.3 Å². The van der Waals surface area contributed by atoms with Crippen LogP contribution >= 0.6 is 15.9 Å². The Kier molecular flexibility index (Phi) is 2.08. The van der Waals surface area contributed by atoms with E-state index in [9.17, 15) is 0 Å². The number of nitrogens with zero attached hydrogens (tertiary/aromatic N) is 1. The average molecular weight is 236 g/mol. The highest BCUT2D eigenvalue weighted by Gasteiger charge is 2.01. The number of aryl methyl sites for hydroxylation is 2. The Morgan fingerprint density at radius 2 is 1.92 bits per heavy atom. The fourth-order valence-electron chi connectivity index (χ4n) is 1.41. The lowest BCUT2D eigenvalue weighted by Gasteiger charge is -2.03. The number of halogens is 1. The van der Waals surface area contributed by atoms with Gasteiger partial charge >= 0.3 is 0 Å². The maximum atomic E-state index is 4.31. The van der Waals surface area contributed by atoms with Crippen molar-refractivity contribution >= 4 is 26.8 Å². The molecule has 0 aliphatic heterocycles. The van der Waals surface area contributed by atoms with Crippen molar-refractivity contribution in [1.29, 1.82) is 0 Å². The van der Waals surface area contributed by atoms with Crippen LogP contribution in [-0.4, -0.2) is 4.98 Å². The van der Waals surface area contributed by atoms with Crippen molar-refractivity contribution in [2.24, 2.45) is 0 Å². The predicted molar refractivity (Wildman–Crippen MR) is 58.9 cm³/mol. The van der Waals surface area contributed by atoms with Crippen LogP contribution in [0.15, 0.2) is 28.9 Å². The number of pyridine rings is 1. The van der Waals surface area contributed by atoms with Crippen LogP contribution in [0.2, 0.25) is 0 Å². The molecule has 1 aromatic heterocycles. The molecule has 0 unspecified atom stereocenters. The highest BCUT2D eigenvalue weighted by atomic mass is 79.9. The smallest absolute Gasteiger partial charge is 0.0716 e. The lowest BCUT2D eigenvalue weighted by atomic mass is 10.1. The largest absolute Gasteiger partial charge is 0.256 e. The molecule has 0 aliphatic carbocycles. The van der Waals surface area contributed by atoms with E-state index in [0.717, 1.165) is 9.99 Å². The van der Waals surface area contributed by atoms with Crippen LogP contribution in [0.4, 0.5) is 0 Å². The van der Waals surface area contributed by atoms with Crippen molar-refractivity contribution in [2.75, 3.05) is 0 Å². The van der Waals surface area contributed by atoms with Gasteiger partial charge in [-0.25, -0.2) is 0 Å². The highest BCUT2D eigenvalue weighted by Crippen LogP contribution is 2.24. The van der Waals surface area contributed by atoms with E-state index in [2.05, 4.69) is 46.9 Å². The molecule has 0 atom stereocenters. The van der Waals surface area contributed by atoms with Gasteiger partial charge in [-0.15, -0.1) is 0 Å². The van der Waals surface area contributed by atoms with Crippen molar-refractivity contribution in [3.63, 3.8) is 0 Å². The summed E-state index contributed by atoms with van der Waals surface area (Å²) in [6, 6.07) is 6.27. The molecule has 0 saturated heterocycles. The first-order chi connectivity index (χ1) is 6.18. The molecule has 0 spiro atoms. The van der Waals surface area contributed by atoms with E-state index in [-0.39, 0.29) is 0 Å². The lowest BCUT2D eigenvalue weighted by molar-refractivity contribution is 1.34. The summed E-state index contributed by atoms with van der Waals surface area (Å²) in [4.78, 5) is 4.31. The third-order valence-electron chi connectivity index (χ3n) is 2.24. The van der Waals surface area contributed by atoms with E-state index in [0.29, 0.717) is 0 Å². The summed E-state index contributed by atoms with van der Waals surface area (Å²) in [5.74, 6) is 0. The number of benzene rings is 1. The molecule has 0 saturated carbocycles. The van der Waals surface area contributed by atoms with Gasteiger partial charge in [0.15, 0.2) is 0 Å². The third-order valence-corrected chi connectivity index (χ3v) is 3.09. The molecule has 13 heavy (non-hydrogen) atoms. The summed E-state index contributed by atoms with van der Waals surface area (Å²) in [7, 11) is 0. The third kappa shape index (κ3) is 1.46. The molecule has 0 N–H and O–H groups in total. The second-order valence-electron chi connectivity index (χ2n) is 3.25. The maximum Gasteiger partial charge on any atom is 0.0716 e. The van der Waals surface area contributed by atoms with Crippen molar-refractivity contribution in [1.82, 2.24) is 4.98 Å². The zero-order chi connectivity index (χ0) is 9.42. The van der Waals surface area contributed by atoms with Crippen LogP contribution < -0.4 is 0 Å². The van der Waals surface area contributed by atoms with E-state index in [4.69, 9.17) is 0 Å². The van der Waals surface area contributed by atoms with Crippen LogP contribution in [0.5, 0.6) is 0 Å². The molecular formula is C11H10BrN. The number of aromatic nitrogens is 1. The van der Waals surface area contributed by atoms with Gasteiger partial charge in [-0.05, 0) is 43.2 Å². The zero-order valence-corrected chi connectivity index (χ0v) is 9.22. The van der Waals surface area contributed by atoms with Gasteiger partial charge in [-0.1, -0.05) is 15.9 Å². The van der Waals surface area contributed by atoms with E-state index < -0.39 is 0 Å². The molecule has 1 aromatic carbocycles. The number of hydrogen-bond acceptors (Lipinski definition) is 1. The van der Waals surface area contributed by atoms with Gasteiger partial charge in [0.05, 0.1) is 5.52 Å². The Bertz CT molecular complexity index is 463. The lowest BCUT2D eigenvalue weighted by Crippen LogP contribution is -1.84. The molecule has 0 fully saturated rings. The minimum Gasteiger partial charge on any atom is -0.256 e. The molecule has 1 nitrogen and oxygen atoms in total. The minimum absolute atomic E-state index is 1.05. The molecule has 0 amide bonds. The van der Waals surface area contributed by atoms with Gasteiger partial charge in [0.2, 0.25) is 0 Å². The summed E-state index contributed by atoms with van der Waals surface area (Å²) in [6.07, 6.45) is 1.85. The van der Waals surface area contributed by atoms with Gasteiger partial charge in [0, 0.05) is 16.1 Å². The molecule has 66 valence electrons. The SMILES string of the molecule is Cc1cc2c(C)ccnc2cc1Br. The van der Waals surface area contributed by atoms with Gasteiger partial charge in [-0.2, -0.15) is 0 Å². The standard InChI is InChI=1S/C11H10BrN/c1-7-3-4-13-11-6-10(12)8(2)5-9(7)11/h3-6H,1-2H3. The van der Waals surface area contributed by atoms with Crippen molar-refractivity contribution in [3.05, 3.63) is 40.0 Å². The quantitative estimate of drug-likeness (QED) is 0.680. The number of fused-ring (bicyclic) bond motifs is 1. The Morgan fingerprint density at radius 3 is 2.69 bits per heavy atom. The first-order valence-electron chi connectivity index (χ1n) is 4.20. The first kappa shape index (κ1) is 8.70. The molecule has 2 heteroatoms. The predicted octanol–water partition coefficient (Wildman–Crippen LogP) is 3.61. The summed E-state index contributed by atoms with van der Waals surface area (Å²) >= 11 is 3.50. The fraction of sp³-hybridized carbons (Fsp3) is 0.182. The van der Waals surface area contributed by atoms with Gasteiger partial charge in [0.25, 0.3) is 0 Å². The number of rotatable bonds is 0. The van der Waals surface area contributed by atoms with Crippen LogP contribution in [-0.2, 0) is 0 Å². The Morgan fingerprint density at radius 1 is 1.15 bits per heavy atom. The van der Waals surface area contributed by atoms with Crippen LogP contribution in [0.1, 0.15) is 11.1 Å². The molecule has 0 aliphatic rings. The van der Waals surface area contributed by atoms with Gasteiger partial charge < -0.3 is 0 Å². The summed E-state index contributed by atoms with van der Waals surface area (Å²) in [5, 5.41) is 1.24. The molecule has 2 rings (SSSR count). The van der Waals surface area contributed by atoms with E-state index in [1.165, 1.54) is 16.5 Å².